The van der Waals surface area contributed by atoms with E-state index in [0.29, 0.717) is 11.8 Å². The molecule has 88 valence electrons. The Hall–Kier alpha value is -0.340. The number of hydrogen-bond acceptors (Lipinski definition) is 1. The fourth-order valence-corrected chi connectivity index (χ4v) is 2.87. The number of hydrogen-bond donors (Lipinski definition) is 1. The standard InChI is InChI=1S/C14H20BrN/c1-10(2)12-6-13(8-14(15)7-12)11-4-3-5-16-9-11/h6-8,10-11,16H,3-5,9H2,1-2H3. The van der Waals surface area contributed by atoms with Crippen molar-refractivity contribution in [2.45, 2.75) is 38.5 Å². The zero-order chi connectivity index (χ0) is 11.5. The lowest BCUT2D eigenvalue weighted by molar-refractivity contribution is 0.461. The maximum atomic E-state index is 3.63. The van der Waals surface area contributed by atoms with Gasteiger partial charge < -0.3 is 5.32 Å². The van der Waals surface area contributed by atoms with E-state index < -0.39 is 0 Å². The van der Waals surface area contributed by atoms with Gasteiger partial charge in [0.15, 0.2) is 0 Å². The van der Waals surface area contributed by atoms with Crippen molar-refractivity contribution in [1.29, 1.82) is 0 Å². The summed E-state index contributed by atoms with van der Waals surface area (Å²) in [7, 11) is 0. The Morgan fingerprint density at radius 2 is 2.12 bits per heavy atom. The predicted octanol–water partition coefficient (Wildman–Crippen LogP) is 4.04. The first kappa shape index (κ1) is 12.1. The van der Waals surface area contributed by atoms with Crippen LogP contribution in [0.4, 0.5) is 0 Å². The minimum Gasteiger partial charge on any atom is -0.316 e. The minimum absolute atomic E-state index is 0.604. The molecule has 1 fully saturated rings. The van der Waals surface area contributed by atoms with Gasteiger partial charge in [-0.1, -0.05) is 35.8 Å². The summed E-state index contributed by atoms with van der Waals surface area (Å²) in [6.45, 7) is 6.82. The summed E-state index contributed by atoms with van der Waals surface area (Å²) in [5, 5.41) is 3.49. The molecule has 1 aromatic rings. The van der Waals surface area contributed by atoms with Crippen LogP contribution in [-0.2, 0) is 0 Å². The highest BCUT2D eigenvalue weighted by Gasteiger charge is 2.16. The van der Waals surface area contributed by atoms with Crippen LogP contribution >= 0.6 is 15.9 Å². The Morgan fingerprint density at radius 1 is 1.31 bits per heavy atom. The Bertz CT molecular complexity index is 354. The highest BCUT2D eigenvalue weighted by atomic mass is 79.9. The summed E-state index contributed by atoms with van der Waals surface area (Å²) in [6.07, 6.45) is 2.62. The lowest BCUT2D eigenvalue weighted by Crippen LogP contribution is -2.28. The molecule has 0 spiro atoms. The van der Waals surface area contributed by atoms with E-state index >= 15 is 0 Å². The molecular formula is C14H20BrN. The Kier molecular flexibility index (Phi) is 4.04. The summed E-state index contributed by atoms with van der Waals surface area (Å²) < 4.78 is 1.22. The second-order valence-electron chi connectivity index (χ2n) is 5.02. The van der Waals surface area contributed by atoms with E-state index in [-0.39, 0.29) is 0 Å². The first-order chi connectivity index (χ1) is 7.66. The van der Waals surface area contributed by atoms with Crippen molar-refractivity contribution >= 4 is 15.9 Å². The summed E-state index contributed by atoms with van der Waals surface area (Å²) >= 11 is 3.63. The lowest BCUT2D eigenvalue weighted by atomic mass is 9.89. The van der Waals surface area contributed by atoms with Crippen LogP contribution in [0.1, 0.15) is 49.7 Å². The Morgan fingerprint density at radius 3 is 2.75 bits per heavy atom. The van der Waals surface area contributed by atoms with Crippen molar-refractivity contribution in [2.24, 2.45) is 0 Å². The predicted molar refractivity (Wildman–Crippen MR) is 73.1 cm³/mol. The van der Waals surface area contributed by atoms with E-state index in [0.717, 1.165) is 6.54 Å². The summed E-state index contributed by atoms with van der Waals surface area (Å²) in [6, 6.07) is 6.90. The van der Waals surface area contributed by atoms with Crippen molar-refractivity contribution in [3.05, 3.63) is 33.8 Å². The molecule has 1 aromatic carbocycles. The largest absolute Gasteiger partial charge is 0.316 e. The molecule has 0 amide bonds. The minimum atomic E-state index is 0.604. The lowest BCUT2D eigenvalue weighted by Gasteiger charge is -2.24. The maximum Gasteiger partial charge on any atom is 0.0180 e. The fourth-order valence-electron chi connectivity index (χ4n) is 2.34. The second kappa shape index (κ2) is 5.33. The second-order valence-corrected chi connectivity index (χ2v) is 5.93. The molecule has 0 saturated carbocycles. The molecule has 2 heteroatoms. The molecule has 1 heterocycles. The van der Waals surface area contributed by atoms with Crippen LogP contribution < -0.4 is 5.32 Å². The van der Waals surface area contributed by atoms with Gasteiger partial charge >= 0.3 is 0 Å². The number of piperidine rings is 1. The molecule has 16 heavy (non-hydrogen) atoms. The maximum absolute atomic E-state index is 3.63. The van der Waals surface area contributed by atoms with Crippen LogP contribution in [-0.4, -0.2) is 13.1 Å². The van der Waals surface area contributed by atoms with Crippen molar-refractivity contribution in [3.8, 4) is 0 Å². The number of halogens is 1. The van der Waals surface area contributed by atoms with Crippen LogP contribution in [0.2, 0.25) is 0 Å². The summed E-state index contributed by atoms with van der Waals surface area (Å²) in [5.74, 6) is 1.30. The third-order valence-electron chi connectivity index (χ3n) is 3.38. The van der Waals surface area contributed by atoms with Crippen LogP contribution in [0.3, 0.4) is 0 Å². The van der Waals surface area contributed by atoms with Crippen LogP contribution in [0.15, 0.2) is 22.7 Å². The van der Waals surface area contributed by atoms with Crippen molar-refractivity contribution < 1.29 is 0 Å². The monoisotopic (exact) mass is 281 g/mol. The van der Waals surface area contributed by atoms with E-state index in [4.69, 9.17) is 0 Å². The first-order valence-electron chi connectivity index (χ1n) is 6.18. The smallest absolute Gasteiger partial charge is 0.0180 e. The zero-order valence-corrected chi connectivity index (χ0v) is 11.7. The van der Waals surface area contributed by atoms with E-state index in [1.807, 2.05) is 0 Å². The van der Waals surface area contributed by atoms with Crippen molar-refractivity contribution in [1.82, 2.24) is 5.32 Å². The number of rotatable bonds is 2. The van der Waals surface area contributed by atoms with Gasteiger partial charge in [0.05, 0.1) is 0 Å². The summed E-state index contributed by atoms with van der Waals surface area (Å²) in [5.41, 5.74) is 2.93. The van der Waals surface area contributed by atoms with Gasteiger partial charge in [0.2, 0.25) is 0 Å². The molecule has 1 atom stereocenters. The quantitative estimate of drug-likeness (QED) is 0.863. The molecule has 0 aliphatic carbocycles. The molecule has 1 saturated heterocycles. The van der Waals surface area contributed by atoms with Crippen molar-refractivity contribution in [2.75, 3.05) is 13.1 Å². The number of benzene rings is 1. The normalized spacial score (nSPS) is 21.4. The average molecular weight is 282 g/mol. The molecule has 1 unspecified atom stereocenters. The van der Waals surface area contributed by atoms with Gasteiger partial charge in [-0.25, -0.2) is 0 Å². The van der Waals surface area contributed by atoms with Crippen molar-refractivity contribution in [3.63, 3.8) is 0 Å². The van der Waals surface area contributed by atoms with Gasteiger partial charge in [0, 0.05) is 11.0 Å². The van der Waals surface area contributed by atoms with Gasteiger partial charge in [0.1, 0.15) is 0 Å². The van der Waals surface area contributed by atoms with Crippen LogP contribution in [0.25, 0.3) is 0 Å². The molecule has 1 nitrogen and oxygen atoms in total. The van der Waals surface area contributed by atoms with E-state index in [9.17, 15) is 0 Å². The molecule has 2 rings (SSSR count). The van der Waals surface area contributed by atoms with E-state index in [2.05, 4.69) is 53.3 Å². The van der Waals surface area contributed by atoms with Gasteiger partial charge in [-0.05, 0) is 54.5 Å². The number of nitrogens with one attached hydrogen (secondary N) is 1. The molecular weight excluding hydrogens is 262 g/mol. The van der Waals surface area contributed by atoms with Gasteiger partial charge in [0.25, 0.3) is 0 Å². The van der Waals surface area contributed by atoms with Crippen LogP contribution in [0, 0.1) is 0 Å². The third-order valence-corrected chi connectivity index (χ3v) is 3.84. The van der Waals surface area contributed by atoms with Gasteiger partial charge in [-0.15, -0.1) is 0 Å². The van der Waals surface area contributed by atoms with Crippen LogP contribution in [0.5, 0.6) is 0 Å². The molecule has 0 aromatic heterocycles. The fraction of sp³-hybridized carbons (Fsp3) is 0.571. The Balaban J connectivity index is 2.25. The molecule has 0 radical (unpaired) electrons. The van der Waals surface area contributed by atoms with Gasteiger partial charge in [-0.3, -0.25) is 0 Å². The highest BCUT2D eigenvalue weighted by Crippen LogP contribution is 2.29. The highest BCUT2D eigenvalue weighted by molar-refractivity contribution is 9.10. The molecule has 0 bridgehead atoms. The SMILES string of the molecule is CC(C)c1cc(Br)cc(C2CCCNC2)c1. The third kappa shape index (κ3) is 2.86. The average Bonchev–Trinajstić information content (AvgIpc) is 2.29. The zero-order valence-electron chi connectivity index (χ0n) is 10.1. The molecule has 1 aliphatic heterocycles. The Labute approximate surface area is 107 Å². The van der Waals surface area contributed by atoms with E-state index in [1.54, 1.807) is 0 Å². The van der Waals surface area contributed by atoms with E-state index in [1.165, 1.54) is 35.0 Å². The topological polar surface area (TPSA) is 12.0 Å². The van der Waals surface area contributed by atoms with Gasteiger partial charge in [-0.2, -0.15) is 0 Å². The first-order valence-corrected chi connectivity index (χ1v) is 6.97. The summed E-state index contributed by atoms with van der Waals surface area (Å²) in [4.78, 5) is 0. The molecule has 1 N–H and O–H groups in total. The molecule has 1 aliphatic rings.